The molecule has 0 heterocycles. The van der Waals surface area contributed by atoms with Crippen LogP contribution in [0.5, 0.6) is 0 Å². The first-order valence-corrected chi connectivity index (χ1v) is 5.73. The van der Waals surface area contributed by atoms with Gasteiger partial charge in [-0.15, -0.1) is 0 Å². The highest BCUT2D eigenvalue weighted by molar-refractivity contribution is 5.74. The number of hydrogen-bond donors (Lipinski definition) is 3. The van der Waals surface area contributed by atoms with Crippen LogP contribution >= 0.6 is 0 Å². The van der Waals surface area contributed by atoms with E-state index in [1.54, 1.807) is 0 Å². The number of nitrogens with zero attached hydrogens (tertiary/aromatic N) is 1. The molecule has 0 saturated carbocycles. The third kappa shape index (κ3) is 5.65. The van der Waals surface area contributed by atoms with E-state index in [1.807, 2.05) is 13.8 Å². The molecule has 0 spiro atoms. The summed E-state index contributed by atoms with van der Waals surface area (Å²) in [4.78, 5) is 23.2. The lowest BCUT2D eigenvalue weighted by Crippen LogP contribution is -2.47. The van der Waals surface area contributed by atoms with E-state index in [2.05, 4.69) is 0 Å². The zero-order chi connectivity index (χ0) is 13.4. The molecule has 0 rings (SSSR count). The third-order valence-electron chi connectivity index (χ3n) is 2.83. The molecule has 0 radical (unpaired) electrons. The average Bonchev–Trinajstić information content (AvgIpc) is 2.25. The lowest BCUT2D eigenvalue weighted by Gasteiger charge is -2.31. The fourth-order valence-corrected chi connectivity index (χ4v) is 1.74. The molecule has 0 aliphatic heterocycles. The molecule has 0 bridgehead atoms. The molecule has 0 saturated heterocycles. The Morgan fingerprint density at radius 3 is 2.18 bits per heavy atom. The second kappa shape index (κ2) is 8.03. The standard InChI is InChI=1S/C11H21NO5/c1-3-8(2)10(11(16)17)12(6-7-13)5-4-9(14)15/h8,10,13H,3-7H2,1-2H3,(H,14,15)(H,16,17). The Morgan fingerprint density at radius 2 is 1.82 bits per heavy atom. The maximum Gasteiger partial charge on any atom is 0.321 e. The van der Waals surface area contributed by atoms with Gasteiger partial charge in [-0.1, -0.05) is 20.3 Å². The minimum absolute atomic E-state index is 0.0900. The topological polar surface area (TPSA) is 98.1 Å². The van der Waals surface area contributed by atoms with Crippen molar-refractivity contribution in [2.45, 2.75) is 32.7 Å². The van der Waals surface area contributed by atoms with Gasteiger partial charge in [-0.25, -0.2) is 0 Å². The first-order chi connectivity index (χ1) is 7.93. The van der Waals surface area contributed by atoms with Crippen molar-refractivity contribution < 1.29 is 24.9 Å². The molecule has 6 heteroatoms. The largest absolute Gasteiger partial charge is 0.481 e. The van der Waals surface area contributed by atoms with Gasteiger partial charge in [0.15, 0.2) is 0 Å². The van der Waals surface area contributed by atoms with Crippen LogP contribution in [0.1, 0.15) is 26.7 Å². The number of carboxylic acids is 2. The highest BCUT2D eigenvalue weighted by atomic mass is 16.4. The molecule has 0 aliphatic carbocycles. The van der Waals surface area contributed by atoms with Crippen molar-refractivity contribution in [2.24, 2.45) is 5.92 Å². The van der Waals surface area contributed by atoms with Gasteiger partial charge in [0.25, 0.3) is 0 Å². The summed E-state index contributed by atoms with van der Waals surface area (Å²) in [5, 5.41) is 26.7. The van der Waals surface area contributed by atoms with E-state index >= 15 is 0 Å². The first-order valence-electron chi connectivity index (χ1n) is 5.73. The van der Waals surface area contributed by atoms with Gasteiger partial charge in [-0.3, -0.25) is 14.5 Å². The highest BCUT2D eigenvalue weighted by Gasteiger charge is 2.29. The van der Waals surface area contributed by atoms with Gasteiger partial charge in [0.1, 0.15) is 6.04 Å². The smallest absolute Gasteiger partial charge is 0.321 e. The van der Waals surface area contributed by atoms with Crippen molar-refractivity contribution in [3.05, 3.63) is 0 Å². The number of aliphatic carboxylic acids is 2. The second-order valence-electron chi connectivity index (χ2n) is 4.07. The van der Waals surface area contributed by atoms with Crippen LogP contribution in [0, 0.1) is 5.92 Å². The molecule has 17 heavy (non-hydrogen) atoms. The summed E-state index contributed by atoms with van der Waals surface area (Å²) in [6.07, 6.45) is 0.562. The maximum absolute atomic E-state index is 11.2. The molecule has 6 nitrogen and oxygen atoms in total. The number of carboxylic acid groups (broad SMARTS) is 2. The monoisotopic (exact) mass is 247 g/mol. The molecule has 0 aromatic heterocycles. The summed E-state index contributed by atoms with van der Waals surface area (Å²) in [6.45, 7) is 3.82. The predicted octanol–water partition coefficient (Wildman–Crippen LogP) is 0.255. The van der Waals surface area contributed by atoms with E-state index in [1.165, 1.54) is 4.90 Å². The Morgan fingerprint density at radius 1 is 1.24 bits per heavy atom. The number of carbonyl (C=O) groups is 2. The van der Waals surface area contributed by atoms with Crippen molar-refractivity contribution >= 4 is 11.9 Å². The predicted molar refractivity (Wildman–Crippen MR) is 61.8 cm³/mol. The van der Waals surface area contributed by atoms with Gasteiger partial charge in [0.2, 0.25) is 0 Å². The van der Waals surface area contributed by atoms with Crippen LogP contribution in [0.15, 0.2) is 0 Å². The molecule has 0 aromatic rings. The molecule has 100 valence electrons. The van der Waals surface area contributed by atoms with Gasteiger partial charge in [-0.2, -0.15) is 0 Å². The van der Waals surface area contributed by atoms with Crippen LogP contribution in [-0.4, -0.2) is 57.9 Å². The van der Waals surface area contributed by atoms with E-state index < -0.39 is 18.0 Å². The molecule has 0 aliphatic rings. The molecule has 2 atom stereocenters. The van der Waals surface area contributed by atoms with Crippen molar-refractivity contribution in [2.75, 3.05) is 19.7 Å². The molecular weight excluding hydrogens is 226 g/mol. The lowest BCUT2D eigenvalue weighted by atomic mass is 9.97. The zero-order valence-electron chi connectivity index (χ0n) is 10.3. The summed E-state index contributed by atoms with van der Waals surface area (Å²) in [6, 6.07) is -0.744. The van der Waals surface area contributed by atoms with Crippen LogP contribution in [0.3, 0.4) is 0 Å². The normalized spacial score (nSPS) is 14.6. The van der Waals surface area contributed by atoms with Gasteiger partial charge in [0.05, 0.1) is 13.0 Å². The van der Waals surface area contributed by atoms with Crippen molar-refractivity contribution in [1.82, 2.24) is 4.90 Å². The SMILES string of the molecule is CCC(C)C(C(=O)O)N(CCO)CCC(=O)O. The molecule has 2 unspecified atom stereocenters. The molecule has 0 aromatic carbocycles. The van der Waals surface area contributed by atoms with E-state index in [9.17, 15) is 9.59 Å². The second-order valence-corrected chi connectivity index (χ2v) is 4.07. The van der Waals surface area contributed by atoms with Gasteiger partial charge >= 0.3 is 11.9 Å². The summed E-state index contributed by atoms with van der Waals surface area (Å²) in [5.74, 6) is -2.03. The lowest BCUT2D eigenvalue weighted by molar-refractivity contribution is -0.147. The molecular formula is C11H21NO5. The summed E-state index contributed by atoms with van der Waals surface area (Å²) in [7, 11) is 0. The number of aliphatic hydroxyl groups is 1. The summed E-state index contributed by atoms with van der Waals surface area (Å²) >= 11 is 0. The Balaban J connectivity index is 4.69. The Labute approximate surface area is 101 Å². The molecule has 0 amide bonds. The van der Waals surface area contributed by atoms with Crippen molar-refractivity contribution in [3.8, 4) is 0 Å². The summed E-state index contributed by atoms with van der Waals surface area (Å²) < 4.78 is 0. The fraction of sp³-hybridized carbons (Fsp3) is 0.818. The van der Waals surface area contributed by atoms with Crippen LogP contribution < -0.4 is 0 Å². The van der Waals surface area contributed by atoms with Crippen LogP contribution in [0.25, 0.3) is 0 Å². The van der Waals surface area contributed by atoms with Gasteiger partial charge < -0.3 is 15.3 Å². The third-order valence-corrected chi connectivity index (χ3v) is 2.83. The Bertz CT molecular complexity index is 256. The number of aliphatic hydroxyl groups excluding tert-OH is 1. The minimum Gasteiger partial charge on any atom is -0.481 e. The summed E-state index contributed by atoms with van der Waals surface area (Å²) in [5.41, 5.74) is 0. The fourth-order valence-electron chi connectivity index (χ4n) is 1.74. The van der Waals surface area contributed by atoms with Gasteiger partial charge in [0, 0.05) is 13.1 Å². The van der Waals surface area contributed by atoms with E-state index in [-0.39, 0.29) is 32.0 Å². The maximum atomic E-state index is 11.2. The van der Waals surface area contributed by atoms with Crippen LogP contribution in [0.2, 0.25) is 0 Å². The van der Waals surface area contributed by atoms with Crippen molar-refractivity contribution in [1.29, 1.82) is 0 Å². The van der Waals surface area contributed by atoms with E-state index in [0.717, 1.165) is 0 Å². The average molecular weight is 247 g/mol. The quantitative estimate of drug-likeness (QED) is 0.540. The Kier molecular flexibility index (Phi) is 7.49. The number of rotatable bonds is 9. The molecule has 3 N–H and O–H groups in total. The van der Waals surface area contributed by atoms with Gasteiger partial charge in [-0.05, 0) is 5.92 Å². The Hall–Kier alpha value is -1.14. The highest BCUT2D eigenvalue weighted by Crippen LogP contribution is 2.15. The number of hydrogen-bond acceptors (Lipinski definition) is 4. The van der Waals surface area contributed by atoms with Crippen molar-refractivity contribution in [3.63, 3.8) is 0 Å². The minimum atomic E-state index is -0.974. The van der Waals surface area contributed by atoms with E-state index in [4.69, 9.17) is 15.3 Å². The van der Waals surface area contributed by atoms with E-state index in [0.29, 0.717) is 6.42 Å². The van der Waals surface area contributed by atoms with Crippen LogP contribution in [-0.2, 0) is 9.59 Å². The zero-order valence-corrected chi connectivity index (χ0v) is 10.3. The molecule has 0 fully saturated rings. The first kappa shape index (κ1) is 15.9. The van der Waals surface area contributed by atoms with Crippen LogP contribution in [0.4, 0.5) is 0 Å².